The maximum atomic E-state index is 13.6. The molecule has 2 atom stereocenters. The van der Waals surface area contributed by atoms with Gasteiger partial charge in [0.25, 0.3) is 0 Å². The molecule has 94 valence electrons. The number of methoxy groups -OCH3 is 1. The summed E-state index contributed by atoms with van der Waals surface area (Å²) in [7, 11) is 3.53. The fourth-order valence-electron chi connectivity index (χ4n) is 2.50. The van der Waals surface area contributed by atoms with Crippen LogP contribution in [0.2, 0.25) is 0 Å². The van der Waals surface area contributed by atoms with Gasteiger partial charge < -0.3 is 15.4 Å². The molecule has 0 unspecified atom stereocenters. The molecule has 0 aromatic heterocycles. The summed E-state index contributed by atoms with van der Waals surface area (Å²) < 4.78 is 18.5. The van der Waals surface area contributed by atoms with E-state index in [1.165, 1.54) is 13.2 Å². The number of halogens is 1. The van der Waals surface area contributed by atoms with Gasteiger partial charge in [-0.15, -0.1) is 0 Å². The molecule has 0 bridgehead atoms. The summed E-state index contributed by atoms with van der Waals surface area (Å²) in [5.41, 5.74) is 7.04. The van der Waals surface area contributed by atoms with Crippen LogP contribution in [-0.4, -0.2) is 31.6 Å². The SMILES string of the molecule is COc1ccc([C@H](N)[C@H]2CCCN2C)cc1F. The van der Waals surface area contributed by atoms with Crippen molar-refractivity contribution in [3.63, 3.8) is 0 Å². The van der Waals surface area contributed by atoms with Gasteiger partial charge in [0.1, 0.15) is 0 Å². The Morgan fingerprint density at radius 1 is 1.53 bits per heavy atom. The number of nitrogens with zero attached hydrogens (tertiary/aromatic N) is 1. The molecule has 0 aliphatic carbocycles. The molecule has 1 heterocycles. The van der Waals surface area contributed by atoms with Gasteiger partial charge in [-0.25, -0.2) is 4.39 Å². The highest BCUT2D eigenvalue weighted by Gasteiger charge is 2.28. The Balaban J connectivity index is 2.19. The van der Waals surface area contributed by atoms with Gasteiger partial charge in [0, 0.05) is 12.1 Å². The van der Waals surface area contributed by atoms with E-state index in [1.54, 1.807) is 6.07 Å². The van der Waals surface area contributed by atoms with Crippen molar-refractivity contribution in [1.29, 1.82) is 0 Å². The van der Waals surface area contributed by atoms with Crippen LogP contribution < -0.4 is 10.5 Å². The average molecular weight is 238 g/mol. The molecular weight excluding hydrogens is 219 g/mol. The molecule has 3 nitrogen and oxygen atoms in total. The minimum atomic E-state index is -0.346. The third-order valence-electron chi connectivity index (χ3n) is 3.55. The standard InChI is InChI=1S/C13H19FN2O/c1-16-7-3-4-11(16)13(15)9-5-6-12(17-2)10(14)8-9/h5-6,8,11,13H,3-4,7,15H2,1-2H3/t11-,13+/m1/s1. The lowest BCUT2D eigenvalue weighted by molar-refractivity contribution is 0.272. The van der Waals surface area contributed by atoms with Gasteiger partial charge in [-0.2, -0.15) is 0 Å². The molecule has 0 saturated carbocycles. The minimum absolute atomic E-state index is 0.136. The van der Waals surface area contributed by atoms with Crippen LogP contribution in [0.3, 0.4) is 0 Å². The lowest BCUT2D eigenvalue weighted by Crippen LogP contribution is -2.35. The Morgan fingerprint density at radius 3 is 2.82 bits per heavy atom. The second-order valence-electron chi connectivity index (χ2n) is 4.61. The molecule has 1 fully saturated rings. The predicted octanol–water partition coefficient (Wildman–Crippen LogP) is 1.93. The number of likely N-dealkylation sites (N-methyl/N-ethyl adjacent to an activating group) is 1. The third kappa shape index (κ3) is 2.42. The van der Waals surface area contributed by atoms with Crippen molar-refractivity contribution in [2.45, 2.75) is 24.9 Å². The summed E-state index contributed by atoms with van der Waals surface area (Å²) >= 11 is 0. The van der Waals surface area contributed by atoms with Crippen LogP contribution in [0.1, 0.15) is 24.4 Å². The van der Waals surface area contributed by atoms with E-state index in [9.17, 15) is 4.39 Å². The van der Waals surface area contributed by atoms with Crippen molar-refractivity contribution >= 4 is 0 Å². The number of nitrogens with two attached hydrogens (primary N) is 1. The zero-order chi connectivity index (χ0) is 12.4. The van der Waals surface area contributed by atoms with Crippen LogP contribution in [0, 0.1) is 5.82 Å². The number of hydrogen-bond donors (Lipinski definition) is 1. The first-order chi connectivity index (χ1) is 8.13. The molecule has 0 spiro atoms. The number of likely N-dealkylation sites (tertiary alicyclic amines) is 1. The van der Waals surface area contributed by atoms with Gasteiger partial charge >= 0.3 is 0 Å². The van der Waals surface area contributed by atoms with Crippen LogP contribution in [0.25, 0.3) is 0 Å². The molecule has 17 heavy (non-hydrogen) atoms. The Bertz CT molecular complexity index is 397. The quantitative estimate of drug-likeness (QED) is 0.874. The van der Waals surface area contributed by atoms with Gasteiger partial charge in [-0.1, -0.05) is 6.07 Å². The van der Waals surface area contributed by atoms with Crippen molar-refractivity contribution in [3.05, 3.63) is 29.6 Å². The highest BCUT2D eigenvalue weighted by atomic mass is 19.1. The van der Waals surface area contributed by atoms with Gasteiger partial charge in [-0.05, 0) is 44.1 Å². The maximum absolute atomic E-state index is 13.6. The van der Waals surface area contributed by atoms with E-state index in [0.717, 1.165) is 24.9 Å². The van der Waals surface area contributed by atoms with Crippen LogP contribution in [0.5, 0.6) is 5.75 Å². The van der Waals surface area contributed by atoms with Crippen molar-refractivity contribution < 1.29 is 9.13 Å². The number of ether oxygens (including phenoxy) is 1. The molecule has 0 radical (unpaired) electrons. The Hall–Kier alpha value is -1.13. The largest absolute Gasteiger partial charge is 0.494 e. The molecule has 2 N–H and O–H groups in total. The average Bonchev–Trinajstić information content (AvgIpc) is 2.74. The highest BCUT2D eigenvalue weighted by molar-refractivity contribution is 5.31. The summed E-state index contributed by atoms with van der Waals surface area (Å²) in [6.45, 7) is 1.07. The first-order valence-electron chi connectivity index (χ1n) is 5.92. The predicted molar refractivity (Wildman–Crippen MR) is 65.5 cm³/mol. The number of rotatable bonds is 3. The molecule has 4 heteroatoms. The first-order valence-corrected chi connectivity index (χ1v) is 5.92. The fourth-order valence-corrected chi connectivity index (χ4v) is 2.50. The zero-order valence-electron chi connectivity index (χ0n) is 10.3. The molecule has 1 saturated heterocycles. The molecular formula is C13H19FN2O. The van der Waals surface area contributed by atoms with E-state index in [-0.39, 0.29) is 17.6 Å². The van der Waals surface area contributed by atoms with E-state index < -0.39 is 0 Å². The Kier molecular flexibility index (Phi) is 3.64. The van der Waals surface area contributed by atoms with Gasteiger partial charge in [0.15, 0.2) is 11.6 Å². The van der Waals surface area contributed by atoms with E-state index in [0.29, 0.717) is 6.04 Å². The van der Waals surface area contributed by atoms with E-state index >= 15 is 0 Å². The number of hydrogen-bond acceptors (Lipinski definition) is 3. The molecule has 2 rings (SSSR count). The summed E-state index contributed by atoms with van der Waals surface area (Å²) in [4.78, 5) is 2.24. The second-order valence-corrected chi connectivity index (χ2v) is 4.61. The molecule has 1 aromatic rings. The topological polar surface area (TPSA) is 38.5 Å². The van der Waals surface area contributed by atoms with Crippen molar-refractivity contribution in [2.24, 2.45) is 5.73 Å². The van der Waals surface area contributed by atoms with Gasteiger partial charge in [-0.3, -0.25) is 0 Å². The van der Waals surface area contributed by atoms with Gasteiger partial charge in [0.2, 0.25) is 0 Å². The van der Waals surface area contributed by atoms with Crippen LogP contribution >= 0.6 is 0 Å². The van der Waals surface area contributed by atoms with Crippen molar-refractivity contribution in [2.75, 3.05) is 20.7 Å². The second kappa shape index (κ2) is 5.02. The molecule has 1 aliphatic heterocycles. The summed E-state index contributed by atoms with van der Waals surface area (Å²) in [6.07, 6.45) is 2.23. The normalized spacial score (nSPS) is 22.7. The fraction of sp³-hybridized carbons (Fsp3) is 0.538. The molecule has 1 aromatic carbocycles. The van der Waals surface area contributed by atoms with E-state index in [2.05, 4.69) is 11.9 Å². The number of benzene rings is 1. The van der Waals surface area contributed by atoms with Crippen molar-refractivity contribution in [3.8, 4) is 5.75 Å². The monoisotopic (exact) mass is 238 g/mol. The van der Waals surface area contributed by atoms with Crippen LogP contribution in [0.15, 0.2) is 18.2 Å². The van der Waals surface area contributed by atoms with E-state index in [1.807, 2.05) is 6.07 Å². The van der Waals surface area contributed by atoms with Crippen molar-refractivity contribution in [1.82, 2.24) is 4.90 Å². The Morgan fingerprint density at radius 2 is 2.29 bits per heavy atom. The molecule has 1 aliphatic rings. The highest BCUT2D eigenvalue weighted by Crippen LogP contribution is 2.28. The van der Waals surface area contributed by atoms with Crippen LogP contribution in [-0.2, 0) is 0 Å². The first kappa shape index (κ1) is 12.3. The summed E-state index contributed by atoms with van der Waals surface area (Å²) in [6, 6.07) is 5.14. The summed E-state index contributed by atoms with van der Waals surface area (Å²) in [5.74, 6) is -0.0816. The third-order valence-corrected chi connectivity index (χ3v) is 3.55. The lowest BCUT2D eigenvalue weighted by atomic mass is 9.98. The van der Waals surface area contributed by atoms with Gasteiger partial charge in [0.05, 0.1) is 7.11 Å². The Labute approximate surface area is 101 Å². The maximum Gasteiger partial charge on any atom is 0.165 e. The van der Waals surface area contributed by atoms with Crippen LogP contribution in [0.4, 0.5) is 4.39 Å². The van der Waals surface area contributed by atoms with E-state index in [4.69, 9.17) is 10.5 Å². The zero-order valence-corrected chi connectivity index (χ0v) is 10.3. The molecule has 0 amide bonds. The summed E-state index contributed by atoms with van der Waals surface area (Å²) in [5, 5.41) is 0. The minimum Gasteiger partial charge on any atom is -0.494 e. The smallest absolute Gasteiger partial charge is 0.165 e. The lowest BCUT2D eigenvalue weighted by Gasteiger charge is -2.26.